The summed E-state index contributed by atoms with van der Waals surface area (Å²) in [5.41, 5.74) is 2.17. The molecular weight excluding hydrogens is 500 g/mol. The van der Waals surface area contributed by atoms with E-state index < -0.39 is 10.0 Å². The van der Waals surface area contributed by atoms with E-state index in [0.717, 1.165) is 10.9 Å². The van der Waals surface area contributed by atoms with Crippen molar-refractivity contribution < 1.29 is 13.2 Å². The van der Waals surface area contributed by atoms with E-state index in [4.69, 9.17) is 11.6 Å². The zero-order chi connectivity index (χ0) is 22.0. The first kappa shape index (κ1) is 22.1. The van der Waals surface area contributed by atoms with Crippen LogP contribution in [0.1, 0.15) is 23.7 Å². The molecule has 0 fully saturated rings. The molecule has 31 heavy (non-hydrogen) atoms. The fourth-order valence-electron chi connectivity index (χ4n) is 4.17. The van der Waals surface area contributed by atoms with E-state index in [-0.39, 0.29) is 22.2 Å². The SMILES string of the molecule is O=C(CBr)N(CCCCl)[C@H]1C=CCc2c1c1ccccc1n2S(=O)(=O)c1ccccc1. The van der Waals surface area contributed by atoms with Crippen molar-refractivity contribution in [3.8, 4) is 0 Å². The second-order valence-electron chi connectivity index (χ2n) is 7.30. The summed E-state index contributed by atoms with van der Waals surface area (Å²) < 4.78 is 28.8. The molecule has 0 saturated heterocycles. The van der Waals surface area contributed by atoms with Gasteiger partial charge in [0.15, 0.2) is 0 Å². The van der Waals surface area contributed by atoms with Crippen molar-refractivity contribution in [1.29, 1.82) is 0 Å². The third-order valence-corrected chi connectivity index (χ3v) is 7.99. The third kappa shape index (κ3) is 3.95. The average Bonchev–Trinajstić information content (AvgIpc) is 3.15. The molecule has 3 aromatic rings. The average molecular weight is 522 g/mol. The molecule has 1 aromatic heterocycles. The fourth-order valence-corrected chi connectivity index (χ4v) is 6.21. The highest BCUT2D eigenvalue weighted by atomic mass is 79.9. The molecular formula is C23H22BrClN2O3S. The smallest absolute Gasteiger partial charge is 0.268 e. The minimum absolute atomic E-state index is 0.0598. The summed E-state index contributed by atoms with van der Waals surface area (Å²) >= 11 is 9.19. The summed E-state index contributed by atoms with van der Waals surface area (Å²) in [6, 6.07) is 15.6. The summed E-state index contributed by atoms with van der Waals surface area (Å²) in [4.78, 5) is 14.8. The lowest BCUT2D eigenvalue weighted by atomic mass is 9.95. The van der Waals surface area contributed by atoms with E-state index in [0.29, 0.717) is 36.5 Å². The number of carbonyl (C=O) groups excluding carboxylic acids is 1. The number of allylic oxidation sites excluding steroid dienone is 1. The van der Waals surface area contributed by atoms with Gasteiger partial charge in [-0.1, -0.05) is 64.5 Å². The Kier molecular flexibility index (Phi) is 6.55. The highest BCUT2D eigenvalue weighted by Gasteiger charge is 2.34. The number of nitrogens with zero attached hydrogens (tertiary/aromatic N) is 2. The monoisotopic (exact) mass is 520 g/mol. The molecule has 162 valence electrons. The van der Waals surface area contributed by atoms with Gasteiger partial charge in [0.1, 0.15) is 0 Å². The van der Waals surface area contributed by atoms with Gasteiger partial charge in [0.25, 0.3) is 10.0 Å². The predicted molar refractivity (Wildman–Crippen MR) is 127 cm³/mol. The summed E-state index contributed by atoms with van der Waals surface area (Å²) in [6.07, 6.45) is 5.06. The highest BCUT2D eigenvalue weighted by Crippen LogP contribution is 2.40. The van der Waals surface area contributed by atoms with Gasteiger partial charge in [-0.3, -0.25) is 4.79 Å². The van der Waals surface area contributed by atoms with Crippen molar-refractivity contribution in [1.82, 2.24) is 8.87 Å². The number of rotatable bonds is 7. The quantitative estimate of drug-likeness (QED) is 0.329. The Balaban J connectivity index is 1.96. The molecule has 1 aliphatic carbocycles. The minimum atomic E-state index is -3.81. The Labute approximate surface area is 195 Å². The molecule has 0 spiro atoms. The van der Waals surface area contributed by atoms with Gasteiger partial charge < -0.3 is 4.90 Å². The number of aromatic nitrogens is 1. The van der Waals surface area contributed by atoms with Crippen LogP contribution in [0.2, 0.25) is 0 Å². The largest absolute Gasteiger partial charge is 0.331 e. The summed E-state index contributed by atoms with van der Waals surface area (Å²) in [7, 11) is -3.81. The number of halogens is 2. The van der Waals surface area contributed by atoms with E-state index >= 15 is 0 Å². The lowest BCUT2D eigenvalue weighted by Crippen LogP contribution is -2.37. The summed E-state index contributed by atoms with van der Waals surface area (Å²) in [5.74, 6) is 0.384. The lowest BCUT2D eigenvalue weighted by Gasteiger charge is -2.32. The van der Waals surface area contributed by atoms with Crippen molar-refractivity contribution in [3.05, 3.63) is 78.0 Å². The van der Waals surface area contributed by atoms with Crippen molar-refractivity contribution >= 4 is 54.4 Å². The van der Waals surface area contributed by atoms with Crippen LogP contribution in [0.3, 0.4) is 0 Å². The van der Waals surface area contributed by atoms with E-state index in [1.54, 1.807) is 35.2 Å². The zero-order valence-electron chi connectivity index (χ0n) is 16.7. The lowest BCUT2D eigenvalue weighted by molar-refractivity contribution is -0.129. The maximum atomic E-state index is 13.7. The predicted octanol–water partition coefficient (Wildman–Crippen LogP) is 4.88. The standard InChI is InChI=1S/C23H22BrClN2O3S/c24-16-22(28)26(15-7-14-25)20-12-6-13-21-23(20)18-10-4-5-11-19(18)27(21)31(29,30)17-8-2-1-3-9-17/h1-6,8-12,20H,7,13-16H2/t20-/m0/s1. The van der Waals surface area contributed by atoms with Crippen molar-refractivity contribution in [2.45, 2.75) is 23.8 Å². The first-order valence-electron chi connectivity index (χ1n) is 10.0. The van der Waals surface area contributed by atoms with Gasteiger partial charge >= 0.3 is 0 Å². The zero-order valence-corrected chi connectivity index (χ0v) is 19.9. The molecule has 2 aromatic carbocycles. The van der Waals surface area contributed by atoms with Gasteiger partial charge in [0.2, 0.25) is 5.91 Å². The maximum Gasteiger partial charge on any atom is 0.268 e. The maximum absolute atomic E-state index is 13.7. The topological polar surface area (TPSA) is 59.4 Å². The minimum Gasteiger partial charge on any atom is -0.331 e. The second-order valence-corrected chi connectivity index (χ2v) is 10.0. The van der Waals surface area contributed by atoms with E-state index in [2.05, 4.69) is 15.9 Å². The number of fused-ring (bicyclic) bond motifs is 3. The van der Waals surface area contributed by atoms with Crippen LogP contribution in [0.5, 0.6) is 0 Å². The van der Waals surface area contributed by atoms with E-state index in [1.165, 1.54) is 3.97 Å². The van der Waals surface area contributed by atoms with Crippen LogP contribution in [0.4, 0.5) is 0 Å². The van der Waals surface area contributed by atoms with Crippen LogP contribution in [-0.2, 0) is 21.2 Å². The fraction of sp³-hybridized carbons (Fsp3) is 0.261. The number of hydrogen-bond acceptors (Lipinski definition) is 3. The number of amides is 1. The summed E-state index contributed by atoms with van der Waals surface area (Å²) in [6.45, 7) is 0.493. The molecule has 0 unspecified atom stereocenters. The third-order valence-electron chi connectivity index (χ3n) is 5.48. The van der Waals surface area contributed by atoms with Crippen LogP contribution in [-0.4, -0.2) is 41.0 Å². The van der Waals surface area contributed by atoms with Crippen molar-refractivity contribution in [3.63, 3.8) is 0 Å². The van der Waals surface area contributed by atoms with Gasteiger partial charge in [-0.25, -0.2) is 12.4 Å². The molecule has 1 heterocycles. The van der Waals surface area contributed by atoms with Crippen LogP contribution >= 0.6 is 27.5 Å². The number of carbonyl (C=O) groups is 1. The Hall–Kier alpha value is -2.09. The van der Waals surface area contributed by atoms with E-state index in [9.17, 15) is 13.2 Å². The normalized spacial score (nSPS) is 15.7. The van der Waals surface area contributed by atoms with E-state index in [1.807, 2.05) is 36.4 Å². The Bertz CT molecular complexity index is 1240. The number of hydrogen-bond donors (Lipinski definition) is 0. The van der Waals surface area contributed by atoms with Crippen molar-refractivity contribution in [2.24, 2.45) is 0 Å². The van der Waals surface area contributed by atoms with Crippen LogP contribution < -0.4 is 0 Å². The number of alkyl halides is 2. The molecule has 0 bridgehead atoms. The molecule has 1 aliphatic rings. The molecule has 5 nitrogen and oxygen atoms in total. The number of benzene rings is 2. The van der Waals surface area contributed by atoms with Gasteiger partial charge in [0, 0.05) is 35.5 Å². The Morgan fingerprint density at radius 2 is 1.84 bits per heavy atom. The van der Waals surface area contributed by atoms with Crippen LogP contribution in [0.15, 0.2) is 71.6 Å². The number of para-hydroxylation sites is 1. The molecule has 0 radical (unpaired) electrons. The van der Waals surface area contributed by atoms with Gasteiger partial charge in [-0.2, -0.15) is 0 Å². The van der Waals surface area contributed by atoms with Gasteiger partial charge in [0.05, 0.1) is 21.8 Å². The Morgan fingerprint density at radius 3 is 2.55 bits per heavy atom. The molecule has 0 aliphatic heterocycles. The first-order valence-corrected chi connectivity index (χ1v) is 13.1. The van der Waals surface area contributed by atoms with Crippen LogP contribution in [0.25, 0.3) is 10.9 Å². The summed E-state index contributed by atoms with van der Waals surface area (Å²) in [5, 5.41) is 1.03. The highest BCUT2D eigenvalue weighted by molar-refractivity contribution is 9.09. The molecule has 1 atom stereocenters. The molecule has 8 heteroatoms. The first-order chi connectivity index (χ1) is 15.0. The van der Waals surface area contributed by atoms with Crippen molar-refractivity contribution in [2.75, 3.05) is 17.8 Å². The second kappa shape index (κ2) is 9.18. The molecule has 4 rings (SSSR count). The Morgan fingerprint density at radius 1 is 1.13 bits per heavy atom. The van der Waals surface area contributed by atoms with Crippen LogP contribution in [0, 0.1) is 0 Å². The van der Waals surface area contributed by atoms with Gasteiger partial charge in [-0.05, 0) is 24.6 Å². The molecule has 0 N–H and O–H groups in total. The van der Waals surface area contributed by atoms with Gasteiger partial charge in [-0.15, -0.1) is 11.6 Å². The molecule has 0 saturated carbocycles. The molecule has 1 amide bonds.